The van der Waals surface area contributed by atoms with Gasteiger partial charge >= 0.3 is 0 Å². The molecular weight excluding hydrogens is 332 g/mol. The number of hydrogen-bond acceptors (Lipinski definition) is 1. The summed E-state index contributed by atoms with van der Waals surface area (Å²) in [6.45, 7) is 13.9. The molecule has 26 heavy (non-hydrogen) atoms. The second-order valence-electron chi connectivity index (χ2n) is 9.09. The summed E-state index contributed by atoms with van der Waals surface area (Å²) >= 11 is 0. The van der Waals surface area contributed by atoms with Crippen molar-refractivity contribution in [3.05, 3.63) is 0 Å². The maximum absolute atomic E-state index is 12.0. The summed E-state index contributed by atoms with van der Waals surface area (Å²) in [5.41, 5.74) is 0. The van der Waals surface area contributed by atoms with Crippen LogP contribution in [0.1, 0.15) is 119 Å². The van der Waals surface area contributed by atoms with Crippen LogP contribution in [0.4, 0.5) is 0 Å². The van der Waals surface area contributed by atoms with Gasteiger partial charge in [-0.2, -0.15) is 0 Å². The Kier molecular flexibility index (Phi) is 16.3. The van der Waals surface area contributed by atoms with Crippen LogP contribution in [0.5, 0.6) is 0 Å². The molecule has 0 aliphatic carbocycles. The van der Waals surface area contributed by atoms with Gasteiger partial charge in [0, 0.05) is 0 Å². The average Bonchev–Trinajstić information content (AvgIpc) is 2.65. The van der Waals surface area contributed by atoms with Gasteiger partial charge in [-0.15, -0.1) is 0 Å². The highest BCUT2D eigenvalue weighted by Crippen LogP contribution is 2.37. The lowest BCUT2D eigenvalue weighted by molar-refractivity contribution is 0.388. The first kappa shape index (κ1) is 26.2. The molecule has 0 rings (SSSR count). The molecule has 3 unspecified atom stereocenters. The smallest absolute Gasteiger partial charge is 0.189 e. The second-order valence-corrected chi connectivity index (χ2v) is 12.8. The molecule has 0 saturated heterocycles. The summed E-state index contributed by atoms with van der Waals surface area (Å²) < 4.78 is 0. The van der Waals surface area contributed by atoms with E-state index in [9.17, 15) is 4.80 Å². The van der Waals surface area contributed by atoms with Crippen molar-refractivity contribution in [1.82, 2.24) is 0 Å². The predicted octanol–water partition coefficient (Wildman–Crippen LogP) is 8.57. The van der Waals surface area contributed by atoms with Gasteiger partial charge in [-0.25, -0.2) is 0 Å². The van der Waals surface area contributed by atoms with E-state index in [-0.39, 0.29) is 0 Å². The zero-order chi connectivity index (χ0) is 19.8. The van der Waals surface area contributed by atoms with Crippen molar-refractivity contribution in [3.8, 4) is 0 Å². The van der Waals surface area contributed by atoms with E-state index >= 15 is 0 Å². The minimum absolute atomic E-state index is 0.763. The summed E-state index contributed by atoms with van der Waals surface area (Å²) in [5.74, 6) is 2.29. The summed E-state index contributed by atoms with van der Waals surface area (Å²) in [5, 5.41) is 0. The quantitative estimate of drug-likeness (QED) is 0.235. The first-order valence-electron chi connectivity index (χ1n) is 12.2. The summed E-state index contributed by atoms with van der Waals surface area (Å²) in [6.07, 6.45) is 15.6. The fraction of sp³-hybridized carbons (Fsp3) is 1.00. The second kappa shape index (κ2) is 16.2. The monoisotopic (exact) mass is 384 g/mol. The summed E-state index contributed by atoms with van der Waals surface area (Å²) in [4.78, 5) is 12.0. The largest absolute Gasteiger partial charge is 0.432 e. The maximum atomic E-state index is 12.0. The number of hydrogen-bond donors (Lipinski definition) is 1. The van der Waals surface area contributed by atoms with Gasteiger partial charge in [-0.1, -0.05) is 119 Å². The minimum Gasteiger partial charge on any atom is -0.432 e. The van der Waals surface area contributed by atoms with Gasteiger partial charge in [0.15, 0.2) is 8.32 Å². The Morgan fingerprint density at radius 3 is 1.00 bits per heavy atom. The molecule has 0 aromatic heterocycles. The first-order valence-corrected chi connectivity index (χ1v) is 14.8. The third kappa shape index (κ3) is 11.8. The van der Waals surface area contributed by atoms with Crippen LogP contribution in [0.2, 0.25) is 18.1 Å². The van der Waals surface area contributed by atoms with E-state index in [2.05, 4.69) is 41.5 Å². The van der Waals surface area contributed by atoms with Crippen molar-refractivity contribution < 1.29 is 4.80 Å². The van der Waals surface area contributed by atoms with Crippen molar-refractivity contribution in [2.45, 2.75) is 137 Å². The molecule has 0 aromatic rings. The van der Waals surface area contributed by atoms with E-state index in [1.165, 1.54) is 95.2 Å². The van der Waals surface area contributed by atoms with Gasteiger partial charge in [0.25, 0.3) is 0 Å². The standard InChI is InChI=1S/C24H52OSi/c1-7-13-16-22(10-4)19-26(25,20-23(11-5)17-14-8-2)21-24(12-6)18-15-9-3/h22-25H,7-21H2,1-6H3. The summed E-state index contributed by atoms with van der Waals surface area (Å²) in [6, 6.07) is 3.53. The SMILES string of the molecule is CCCCC(CC)C[Si](O)(CC(CC)CCCC)CC(CC)CCCC. The third-order valence-corrected chi connectivity index (χ3v) is 10.6. The highest BCUT2D eigenvalue weighted by atomic mass is 28.4. The molecule has 0 bridgehead atoms. The molecule has 3 atom stereocenters. The third-order valence-electron chi connectivity index (χ3n) is 6.64. The van der Waals surface area contributed by atoms with Crippen molar-refractivity contribution in [1.29, 1.82) is 0 Å². The van der Waals surface area contributed by atoms with Crippen molar-refractivity contribution in [2.75, 3.05) is 0 Å². The fourth-order valence-corrected chi connectivity index (χ4v) is 9.89. The van der Waals surface area contributed by atoms with Gasteiger partial charge in [0.05, 0.1) is 0 Å². The molecule has 0 spiro atoms. The molecule has 0 saturated carbocycles. The van der Waals surface area contributed by atoms with Gasteiger partial charge in [-0.05, 0) is 35.9 Å². The molecule has 0 aliphatic heterocycles. The molecule has 0 aromatic carbocycles. The van der Waals surface area contributed by atoms with Crippen LogP contribution < -0.4 is 0 Å². The van der Waals surface area contributed by atoms with E-state index in [4.69, 9.17) is 0 Å². The molecule has 0 radical (unpaired) electrons. The normalized spacial score (nSPS) is 17.7. The Morgan fingerprint density at radius 1 is 0.538 bits per heavy atom. The highest BCUT2D eigenvalue weighted by Gasteiger charge is 2.37. The molecule has 0 heterocycles. The van der Waals surface area contributed by atoms with Crippen LogP contribution in [0.25, 0.3) is 0 Å². The highest BCUT2D eigenvalue weighted by molar-refractivity contribution is 6.72. The van der Waals surface area contributed by atoms with E-state index < -0.39 is 8.32 Å². The van der Waals surface area contributed by atoms with Gasteiger partial charge in [0.2, 0.25) is 0 Å². The van der Waals surface area contributed by atoms with Crippen molar-refractivity contribution in [2.24, 2.45) is 17.8 Å². The van der Waals surface area contributed by atoms with Crippen LogP contribution in [0, 0.1) is 17.8 Å². The fourth-order valence-electron chi connectivity index (χ4n) is 4.69. The predicted molar refractivity (Wildman–Crippen MR) is 122 cm³/mol. The maximum Gasteiger partial charge on any atom is 0.189 e. The van der Waals surface area contributed by atoms with E-state index in [0.29, 0.717) is 0 Å². The lowest BCUT2D eigenvalue weighted by Gasteiger charge is -2.35. The van der Waals surface area contributed by atoms with Crippen LogP contribution in [-0.2, 0) is 0 Å². The zero-order valence-corrected chi connectivity index (χ0v) is 20.3. The van der Waals surface area contributed by atoms with Gasteiger partial charge in [0.1, 0.15) is 0 Å². The zero-order valence-electron chi connectivity index (χ0n) is 19.3. The number of unbranched alkanes of at least 4 members (excludes halogenated alkanes) is 3. The Morgan fingerprint density at radius 2 is 0.808 bits per heavy atom. The van der Waals surface area contributed by atoms with Crippen LogP contribution in [0.3, 0.4) is 0 Å². The van der Waals surface area contributed by atoms with Crippen molar-refractivity contribution in [3.63, 3.8) is 0 Å². The van der Waals surface area contributed by atoms with Crippen LogP contribution in [0.15, 0.2) is 0 Å². The summed E-state index contributed by atoms with van der Waals surface area (Å²) in [7, 11) is -2.15. The molecule has 158 valence electrons. The van der Waals surface area contributed by atoms with E-state index in [1.54, 1.807) is 0 Å². The Bertz CT molecular complexity index is 259. The van der Waals surface area contributed by atoms with E-state index in [1.807, 2.05) is 0 Å². The van der Waals surface area contributed by atoms with Gasteiger partial charge < -0.3 is 4.80 Å². The molecule has 1 nitrogen and oxygen atoms in total. The average molecular weight is 385 g/mol. The molecule has 0 fully saturated rings. The number of rotatable bonds is 18. The minimum atomic E-state index is -2.15. The Balaban J connectivity index is 5.12. The van der Waals surface area contributed by atoms with Gasteiger partial charge in [-0.3, -0.25) is 0 Å². The topological polar surface area (TPSA) is 20.2 Å². The van der Waals surface area contributed by atoms with Crippen LogP contribution in [-0.4, -0.2) is 13.1 Å². The van der Waals surface area contributed by atoms with Crippen LogP contribution >= 0.6 is 0 Å². The first-order chi connectivity index (χ1) is 12.5. The molecule has 0 aliphatic rings. The van der Waals surface area contributed by atoms with Crippen molar-refractivity contribution >= 4 is 8.32 Å². The van der Waals surface area contributed by atoms with E-state index in [0.717, 1.165) is 17.8 Å². The Hall–Kier alpha value is 0.177. The Labute approximate surface area is 167 Å². The molecule has 0 amide bonds. The molecule has 2 heteroatoms. The molecular formula is C24H52OSi. The lowest BCUT2D eigenvalue weighted by atomic mass is 10.0. The molecule has 1 N–H and O–H groups in total. The lowest BCUT2D eigenvalue weighted by Crippen LogP contribution is -2.40.